The number of aromatic nitrogens is 2. The molecule has 1 rings (SSSR count). The molecule has 11 heteroatoms. The summed E-state index contributed by atoms with van der Waals surface area (Å²) in [6.45, 7) is 0. The molecule has 0 saturated carbocycles. The molecule has 1 aromatic rings. The molecule has 0 aliphatic rings. The fourth-order valence-electron chi connectivity index (χ4n) is 1.21. The lowest BCUT2D eigenvalue weighted by Crippen LogP contribution is -2.41. The van der Waals surface area contributed by atoms with Crippen molar-refractivity contribution in [1.82, 2.24) is 14.9 Å². The van der Waals surface area contributed by atoms with Crippen LogP contribution in [-0.2, 0) is 24.7 Å². The van der Waals surface area contributed by atoms with Gasteiger partial charge in [0.05, 0.1) is 11.9 Å². The Balaban J connectivity index is 2.83. The predicted molar refractivity (Wildman–Crippen MR) is 64.7 cm³/mol. The summed E-state index contributed by atoms with van der Waals surface area (Å²) in [6.07, 6.45) is 1.78. The molecule has 9 nitrogen and oxygen atoms in total. The average Bonchev–Trinajstić information content (AvgIpc) is 2.76. The van der Waals surface area contributed by atoms with Gasteiger partial charge in [0.15, 0.2) is 5.03 Å². The van der Waals surface area contributed by atoms with Gasteiger partial charge in [-0.05, 0) is 12.5 Å². The van der Waals surface area contributed by atoms with E-state index in [0.717, 1.165) is 12.3 Å². The number of nitrogens with one attached hydrogen (secondary N) is 2. The molecule has 1 heterocycles. The van der Waals surface area contributed by atoms with Crippen LogP contribution < -0.4 is 4.72 Å². The largest absolute Gasteiger partial charge is 0.480 e. The van der Waals surface area contributed by atoms with E-state index in [0.29, 0.717) is 0 Å². The Kier molecular flexibility index (Phi) is 4.66. The van der Waals surface area contributed by atoms with Gasteiger partial charge in [0.25, 0.3) is 10.0 Å². The molecule has 0 radical (unpaired) electrons. The van der Waals surface area contributed by atoms with E-state index in [4.69, 9.17) is 5.11 Å². The fraction of sp³-hybridized carbons (Fsp3) is 0.500. The highest BCUT2D eigenvalue weighted by atomic mass is 32.2. The van der Waals surface area contributed by atoms with Crippen LogP contribution in [0.5, 0.6) is 0 Å². The van der Waals surface area contributed by atoms with Crippen LogP contribution in [0.3, 0.4) is 0 Å². The molecular formula is C8H13N3O6S2. The standard InChI is InChI=1S/C8H13N3O6S2/c1-18(14,15)5-3-6(8(12)13)11-19(16,17)7-2-4-9-10-7/h2,4,6,11H,3,5H2,1H3,(H,9,10)(H,12,13). The van der Waals surface area contributed by atoms with E-state index in [2.05, 4.69) is 10.2 Å². The third-order valence-electron chi connectivity index (χ3n) is 2.14. The summed E-state index contributed by atoms with van der Waals surface area (Å²) in [4.78, 5) is 10.9. The molecule has 1 aromatic heterocycles. The van der Waals surface area contributed by atoms with Crippen molar-refractivity contribution >= 4 is 25.8 Å². The van der Waals surface area contributed by atoms with Crippen molar-refractivity contribution in [3.63, 3.8) is 0 Å². The second-order valence-corrected chi connectivity index (χ2v) is 7.79. The first-order chi connectivity index (χ1) is 8.62. The summed E-state index contributed by atoms with van der Waals surface area (Å²) in [5.74, 6) is -1.89. The molecule has 1 atom stereocenters. The second kappa shape index (κ2) is 5.67. The molecule has 0 aliphatic carbocycles. The molecule has 0 aromatic carbocycles. The number of H-pyrrole nitrogens is 1. The number of carbonyl (C=O) groups is 1. The maximum absolute atomic E-state index is 11.7. The number of rotatable bonds is 7. The highest BCUT2D eigenvalue weighted by Crippen LogP contribution is 2.06. The van der Waals surface area contributed by atoms with E-state index in [1.54, 1.807) is 0 Å². The molecule has 3 N–H and O–H groups in total. The number of nitrogens with zero attached hydrogens (tertiary/aromatic N) is 1. The van der Waals surface area contributed by atoms with E-state index in [9.17, 15) is 21.6 Å². The number of aromatic amines is 1. The third kappa shape index (κ3) is 4.96. The van der Waals surface area contributed by atoms with Crippen LogP contribution in [0.4, 0.5) is 0 Å². The van der Waals surface area contributed by atoms with Gasteiger partial charge in [-0.25, -0.2) is 16.8 Å². The zero-order valence-corrected chi connectivity index (χ0v) is 11.5. The van der Waals surface area contributed by atoms with Crippen molar-refractivity contribution in [2.75, 3.05) is 12.0 Å². The van der Waals surface area contributed by atoms with Crippen molar-refractivity contribution in [2.24, 2.45) is 0 Å². The minimum atomic E-state index is -4.07. The Morgan fingerprint density at radius 2 is 2.11 bits per heavy atom. The number of carboxylic acid groups (broad SMARTS) is 1. The summed E-state index contributed by atoms with van der Waals surface area (Å²) in [5, 5.41) is 14.2. The van der Waals surface area contributed by atoms with E-state index < -0.39 is 37.6 Å². The lowest BCUT2D eigenvalue weighted by Gasteiger charge is -2.13. The molecule has 19 heavy (non-hydrogen) atoms. The molecule has 0 saturated heterocycles. The Labute approximate surface area is 110 Å². The zero-order chi connectivity index (χ0) is 14.7. The number of sulfonamides is 1. The van der Waals surface area contributed by atoms with Crippen LogP contribution in [0.1, 0.15) is 6.42 Å². The summed E-state index contributed by atoms with van der Waals surface area (Å²) >= 11 is 0. The molecule has 0 spiro atoms. The normalized spacial score (nSPS) is 14.2. The monoisotopic (exact) mass is 311 g/mol. The van der Waals surface area contributed by atoms with E-state index in [1.165, 1.54) is 6.20 Å². The number of sulfone groups is 1. The molecule has 1 unspecified atom stereocenters. The van der Waals surface area contributed by atoms with Gasteiger partial charge in [-0.3, -0.25) is 9.89 Å². The van der Waals surface area contributed by atoms with Gasteiger partial charge in [0.2, 0.25) is 0 Å². The number of carboxylic acids is 1. The van der Waals surface area contributed by atoms with Crippen molar-refractivity contribution in [3.8, 4) is 0 Å². The first-order valence-electron chi connectivity index (χ1n) is 5.04. The van der Waals surface area contributed by atoms with Gasteiger partial charge in [-0.2, -0.15) is 9.82 Å². The first-order valence-corrected chi connectivity index (χ1v) is 8.58. The Bertz CT molecular complexity index is 634. The topological polar surface area (TPSA) is 146 Å². The number of hydrogen-bond donors (Lipinski definition) is 3. The van der Waals surface area contributed by atoms with Crippen LogP contribution in [0, 0.1) is 0 Å². The average molecular weight is 311 g/mol. The molecule has 0 fully saturated rings. The van der Waals surface area contributed by atoms with Gasteiger partial charge < -0.3 is 5.11 Å². The predicted octanol–water partition coefficient (Wildman–Crippen LogP) is -1.42. The summed E-state index contributed by atoms with van der Waals surface area (Å²) in [6, 6.07) is -0.374. The van der Waals surface area contributed by atoms with Crippen LogP contribution in [0.25, 0.3) is 0 Å². The lowest BCUT2D eigenvalue weighted by molar-refractivity contribution is -0.139. The Morgan fingerprint density at radius 1 is 1.47 bits per heavy atom. The van der Waals surface area contributed by atoms with Crippen LogP contribution in [0.15, 0.2) is 17.3 Å². The summed E-state index contributed by atoms with van der Waals surface area (Å²) in [5.41, 5.74) is 0. The quantitative estimate of drug-likeness (QED) is 0.559. The third-order valence-corrected chi connectivity index (χ3v) is 4.52. The van der Waals surface area contributed by atoms with Crippen LogP contribution >= 0.6 is 0 Å². The van der Waals surface area contributed by atoms with Crippen LogP contribution in [0.2, 0.25) is 0 Å². The molecule has 0 amide bonds. The molecule has 0 aliphatic heterocycles. The van der Waals surface area contributed by atoms with Crippen molar-refractivity contribution in [3.05, 3.63) is 12.3 Å². The second-order valence-electron chi connectivity index (χ2n) is 3.85. The van der Waals surface area contributed by atoms with Gasteiger partial charge in [0.1, 0.15) is 15.9 Å². The Hall–Kier alpha value is -1.46. The molecular weight excluding hydrogens is 298 g/mol. The highest BCUT2D eigenvalue weighted by molar-refractivity contribution is 7.90. The smallest absolute Gasteiger partial charge is 0.321 e. The van der Waals surface area contributed by atoms with Gasteiger partial charge >= 0.3 is 5.97 Å². The van der Waals surface area contributed by atoms with E-state index >= 15 is 0 Å². The summed E-state index contributed by atoms with van der Waals surface area (Å²) < 4.78 is 47.3. The van der Waals surface area contributed by atoms with Gasteiger partial charge in [0, 0.05) is 6.26 Å². The SMILES string of the molecule is CS(=O)(=O)CCC(NS(=O)(=O)c1ccn[nH]1)C(=O)O. The maximum atomic E-state index is 11.7. The molecule has 108 valence electrons. The first kappa shape index (κ1) is 15.6. The van der Waals surface area contributed by atoms with Crippen molar-refractivity contribution in [1.29, 1.82) is 0 Å². The van der Waals surface area contributed by atoms with E-state index in [-0.39, 0.29) is 11.4 Å². The van der Waals surface area contributed by atoms with E-state index in [1.807, 2.05) is 4.72 Å². The lowest BCUT2D eigenvalue weighted by atomic mass is 10.2. The minimum absolute atomic E-state index is 0.293. The minimum Gasteiger partial charge on any atom is -0.480 e. The fourth-order valence-corrected chi connectivity index (χ4v) is 3.01. The van der Waals surface area contributed by atoms with Crippen LogP contribution in [-0.4, -0.2) is 56.2 Å². The summed E-state index contributed by atoms with van der Waals surface area (Å²) in [7, 11) is -7.45. The maximum Gasteiger partial charge on any atom is 0.321 e. The van der Waals surface area contributed by atoms with Gasteiger partial charge in [-0.1, -0.05) is 0 Å². The van der Waals surface area contributed by atoms with Crippen molar-refractivity contribution in [2.45, 2.75) is 17.5 Å². The highest BCUT2D eigenvalue weighted by Gasteiger charge is 2.27. The van der Waals surface area contributed by atoms with Gasteiger partial charge in [-0.15, -0.1) is 0 Å². The number of hydrogen-bond acceptors (Lipinski definition) is 6. The number of aliphatic carboxylic acids is 1. The molecule has 0 bridgehead atoms. The zero-order valence-electron chi connectivity index (χ0n) is 9.90. The van der Waals surface area contributed by atoms with Crippen molar-refractivity contribution < 1.29 is 26.7 Å². The Morgan fingerprint density at radius 3 is 2.53 bits per heavy atom.